The molecule has 0 bridgehead atoms. The van der Waals surface area contributed by atoms with Crippen LogP contribution in [0.5, 0.6) is 0 Å². The number of hydrogen-bond donors (Lipinski definition) is 1. The third-order valence-electron chi connectivity index (χ3n) is 5.97. The van der Waals surface area contributed by atoms with E-state index < -0.39 is 0 Å². The zero-order valence-corrected chi connectivity index (χ0v) is 16.5. The Morgan fingerprint density at radius 2 is 1.64 bits per heavy atom. The molecule has 25 heavy (non-hydrogen) atoms. The first-order valence-corrected chi connectivity index (χ1v) is 10.0. The molecule has 0 saturated carbocycles. The van der Waals surface area contributed by atoms with Crippen LogP contribution >= 0.6 is 0 Å². The minimum Gasteiger partial charge on any atom is -0.314 e. The molecule has 0 radical (unpaired) electrons. The first-order chi connectivity index (χ1) is 12.0. The fourth-order valence-corrected chi connectivity index (χ4v) is 4.10. The van der Waals surface area contributed by atoms with Crippen LogP contribution in [0, 0.1) is 0 Å². The van der Waals surface area contributed by atoms with Crippen molar-refractivity contribution < 1.29 is 0 Å². The van der Waals surface area contributed by atoms with Crippen molar-refractivity contribution in [2.45, 2.75) is 38.8 Å². The lowest BCUT2D eigenvalue weighted by Crippen LogP contribution is -2.54. The van der Waals surface area contributed by atoms with Crippen molar-refractivity contribution >= 4 is 0 Å². The summed E-state index contributed by atoms with van der Waals surface area (Å²) in [4.78, 5) is 7.82. The topological polar surface area (TPSA) is 21.8 Å². The standard InChI is InChI=1S/C21H36N4/c1-17(2)19-5-7-20(8-6-19)21(25-10-9-22-15-18(25)3)16-24-13-11-23(4)12-14-24/h5-8,17-18,21-22H,9-16H2,1-4H3. The summed E-state index contributed by atoms with van der Waals surface area (Å²) in [7, 11) is 2.23. The van der Waals surface area contributed by atoms with Gasteiger partial charge in [-0.3, -0.25) is 9.80 Å². The lowest BCUT2D eigenvalue weighted by molar-refractivity contribution is 0.0662. The predicted molar refractivity (Wildman–Crippen MR) is 106 cm³/mol. The Hall–Kier alpha value is -0.940. The minimum atomic E-state index is 0.502. The zero-order valence-electron chi connectivity index (χ0n) is 16.5. The summed E-state index contributed by atoms with van der Waals surface area (Å²) in [5.74, 6) is 0.600. The van der Waals surface area contributed by atoms with Crippen LogP contribution in [-0.4, -0.2) is 80.1 Å². The Labute approximate surface area is 154 Å². The van der Waals surface area contributed by atoms with E-state index in [2.05, 4.69) is 72.1 Å². The molecule has 0 aliphatic carbocycles. The Balaban J connectivity index is 1.78. The van der Waals surface area contributed by atoms with Crippen LogP contribution in [0.3, 0.4) is 0 Å². The van der Waals surface area contributed by atoms with E-state index in [-0.39, 0.29) is 0 Å². The SMILES string of the molecule is CC(C)c1ccc(C(CN2CCN(C)CC2)N2CCNCC2C)cc1. The van der Waals surface area contributed by atoms with Crippen LogP contribution in [0.25, 0.3) is 0 Å². The number of piperazine rings is 2. The van der Waals surface area contributed by atoms with Crippen molar-refractivity contribution in [2.24, 2.45) is 0 Å². The third kappa shape index (κ3) is 4.82. The average molecular weight is 345 g/mol. The van der Waals surface area contributed by atoms with Crippen molar-refractivity contribution in [2.75, 3.05) is 59.4 Å². The van der Waals surface area contributed by atoms with Gasteiger partial charge in [0.25, 0.3) is 0 Å². The monoisotopic (exact) mass is 344 g/mol. The van der Waals surface area contributed by atoms with Gasteiger partial charge in [0.15, 0.2) is 0 Å². The molecule has 0 aromatic heterocycles. The van der Waals surface area contributed by atoms with E-state index in [0.717, 1.165) is 26.2 Å². The van der Waals surface area contributed by atoms with Gasteiger partial charge < -0.3 is 10.2 Å². The second-order valence-electron chi connectivity index (χ2n) is 8.23. The largest absolute Gasteiger partial charge is 0.314 e. The molecule has 2 atom stereocenters. The van der Waals surface area contributed by atoms with Gasteiger partial charge in [-0.05, 0) is 31.0 Å². The van der Waals surface area contributed by atoms with Crippen LogP contribution in [0.1, 0.15) is 43.9 Å². The Morgan fingerprint density at radius 1 is 1.00 bits per heavy atom. The number of nitrogens with zero attached hydrogens (tertiary/aromatic N) is 3. The molecule has 2 aliphatic heterocycles. The molecule has 140 valence electrons. The smallest absolute Gasteiger partial charge is 0.0479 e. The third-order valence-corrected chi connectivity index (χ3v) is 5.97. The van der Waals surface area contributed by atoms with E-state index in [1.165, 1.54) is 37.3 Å². The second kappa shape index (κ2) is 8.63. The number of nitrogens with one attached hydrogen (secondary N) is 1. The molecule has 2 heterocycles. The van der Waals surface area contributed by atoms with E-state index >= 15 is 0 Å². The van der Waals surface area contributed by atoms with Crippen molar-refractivity contribution in [3.05, 3.63) is 35.4 Å². The number of rotatable bonds is 5. The van der Waals surface area contributed by atoms with Gasteiger partial charge in [0.05, 0.1) is 0 Å². The van der Waals surface area contributed by atoms with E-state index in [0.29, 0.717) is 18.0 Å². The molecule has 0 amide bonds. The summed E-state index contributed by atoms with van der Waals surface area (Å²) >= 11 is 0. The fraction of sp³-hybridized carbons (Fsp3) is 0.714. The number of likely N-dealkylation sites (N-methyl/N-ethyl adjacent to an activating group) is 1. The highest BCUT2D eigenvalue weighted by atomic mass is 15.3. The van der Waals surface area contributed by atoms with Crippen LogP contribution in [0.2, 0.25) is 0 Å². The molecule has 1 aromatic carbocycles. The van der Waals surface area contributed by atoms with Gasteiger partial charge >= 0.3 is 0 Å². The highest BCUT2D eigenvalue weighted by molar-refractivity contribution is 5.27. The number of benzene rings is 1. The highest BCUT2D eigenvalue weighted by Crippen LogP contribution is 2.27. The Kier molecular flexibility index (Phi) is 6.50. The second-order valence-corrected chi connectivity index (χ2v) is 8.23. The normalized spacial score (nSPS) is 25.4. The Bertz CT molecular complexity index is 519. The highest BCUT2D eigenvalue weighted by Gasteiger charge is 2.29. The minimum absolute atomic E-state index is 0.502. The lowest BCUT2D eigenvalue weighted by Gasteiger charge is -2.43. The van der Waals surface area contributed by atoms with Gasteiger partial charge in [-0.2, -0.15) is 0 Å². The molecule has 1 N–H and O–H groups in total. The summed E-state index contributed by atoms with van der Waals surface area (Å²) in [6.45, 7) is 16.2. The van der Waals surface area contributed by atoms with Gasteiger partial charge in [-0.25, -0.2) is 0 Å². The van der Waals surface area contributed by atoms with Crippen molar-refractivity contribution in [1.29, 1.82) is 0 Å². The van der Waals surface area contributed by atoms with Crippen LogP contribution in [0.4, 0.5) is 0 Å². The van der Waals surface area contributed by atoms with Crippen LogP contribution < -0.4 is 5.32 Å². The van der Waals surface area contributed by atoms with E-state index in [1.807, 2.05) is 0 Å². The maximum absolute atomic E-state index is 3.54. The van der Waals surface area contributed by atoms with Gasteiger partial charge in [-0.1, -0.05) is 38.1 Å². The van der Waals surface area contributed by atoms with Crippen molar-refractivity contribution in [3.63, 3.8) is 0 Å². The molecule has 2 saturated heterocycles. The molecule has 3 rings (SSSR count). The van der Waals surface area contributed by atoms with Gasteiger partial charge in [-0.15, -0.1) is 0 Å². The van der Waals surface area contributed by atoms with Gasteiger partial charge in [0.2, 0.25) is 0 Å². The van der Waals surface area contributed by atoms with Gasteiger partial charge in [0.1, 0.15) is 0 Å². The molecule has 4 nitrogen and oxygen atoms in total. The van der Waals surface area contributed by atoms with Crippen LogP contribution in [-0.2, 0) is 0 Å². The van der Waals surface area contributed by atoms with Crippen molar-refractivity contribution in [3.8, 4) is 0 Å². The zero-order chi connectivity index (χ0) is 17.8. The van der Waals surface area contributed by atoms with Crippen LogP contribution in [0.15, 0.2) is 24.3 Å². The average Bonchev–Trinajstić information content (AvgIpc) is 2.62. The summed E-state index contributed by atoms with van der Waals surface area (Å²) < 4.78 is 0. The first-order valence-electron chi connectivity index (χ1n) is 10.0. The molecule has 2 fully saturated rings. The molecule has 2 aliphatic rings. The van der Waals surface area contributed by atoms with Crippen molar-refractivity contribution in [1.82, 2.24) is 20.0 Å². The molecule has 0 spiro atoms. The molecule has 4 heteroatoms. The first kappa shape index (κ1) is 18.8. The maximum Gasteiger partial charge on any atom is 0.0479 e. The molecule has 1 aromatic rings. The van der Waals surface area contributed by atoms with E-state index in [9.17, 15) is 0 Å². The molecular formula is C21H36N4. The van der Waals surface area contributed by atoms with E-state index in [4.69, 9.17) is 0 Å². The summed E-state index contributed by atoms with van der Waals surface area (Å²) in [6, 6.07) is 10.5. The van der Waals surface area contributed by atoms with E-state index in [1.54, 1.807) is 0 Å². The number of hydrogen-bond acceptors (Lipinski definition) is 4. The quantitative estimate of drug-likeness (QED) is 0.885. The molecule has 2 unspecified atom stereocenters. The summed E-state index contributed by atoms with van der Waals surface area (Å²) in [5, 5.41) is 3.54. The maximum atomic E-state index is 3.54. The summed E-state index contributed by atoms with van der Waals surface area (Å²) in [5.41, 5.74) is 2.92. The fourth-order valence-electron chi connectivity index (χ4n) is 4.10. The van der Waals surface area contributed by atoms with Gasteiger partial charge in [0, 0.05) is 64.4 Å². The Morgan fingerprint density at radius 3 is 2.24 bits per heavy atom. The summed E-state index contributed by atoms with van der Waals surface area (Å²) in [6.07, 6.45) is 0. The predicted octanol–water partition coefficient (Wildman–Crippen LogP) is 2.39. The molecular weight excluding hydrogens is 308 g/mol. The lowest BCUT2D eigenvalue weighted by atomic mass is 9.96.